The first kappa shape index (κ1) is 15.2. The van der Waals surface area contributed by atoms with Crippen LogP contribution in [0.25, 0.3) is 0 Å². The number of rotatable bonds is 5. The van der Waals surface area contributed by atoms with E-state index < -0.39 is 0 Å². The maximum absolute atomic E-state index is 12.0. The number of aryl methyl sites for hydroxylation is 2. The Kier molecular flexibility index (Phi) is 4.91. The molecular weight excluding hydrogens is 290 g/mol. The van der Waals surface area contributed by atoms with Gasteiger partial charge >= 0.3 is 0 Å². The molecule has 1 amide bonds. The maximum Gasteiger partial charge on any atom is 0.240 e. The van der Waals surface area contributed by atoms with Gasteiger partial charge in [-0.05, 0) is 40.0 Å². The molecule has 108 valence electrons. The Morgan fingerprint density at radius 2 is 2.20 bits per heavy atom. The number of aromatic nitrogens is 1. The molecule has 20 heavy (non-hydrogen) atoms. The van der Waals surface area contributed by atoms with Crippen molar-refractivity contribution in [2.24, 2.45) is 0 Å². The lowest BCUT2D eigenvalue weighted by Crippen LogP contribution is -2.31. The van der Waals surface area contributed by atoms with Gasteiger partial charge in [-0.15, -0.1) is 22.7 Å². The van der Waals surface area contributed by atoms with Gasteiger partial charge in [0.15, 0.2) is 5.13 Å². The third-order valence-electron chi connectivity index (χ3n) is 3.09. The van der Waals surface area contributed by atoms with E-state index in [-0.39, 0.29) is 11.9 Å². The summed E-state index contributed by atoms with van der Waals surface area (Å²) < 4.78 is 0. The predicted molar refractivity (Wildman–Crippen MR) is 85.6 cm³/mol. The Labute approximate surface area is 127 Å². The number of likely N-dealkylation sites (N-methyl/N-ethyl adjacent to an activating group) is 1. The molecule has 0 bridgehead atoms. The van der Waals surface area contributed by atoms with E-state index in [0.29, 0.717) is 11.7 Å². The summed E-state index contributed by atoms with van der Waals surface area (Å²) in [6.45, 7) is 6.49. The van der Waals surface area contributed by atoms with Crippen LogP contribution in [0.4, 0.5) is 5.13 Å². The van der Waals surface area contributed by atoms with E-state index in [0.717, 1.165) is 5.69 Å². The normalized spacial score (nSPS) is 12.7. The molecular formula is C14H19N3OS2. The second kappa shape index (κ2) is 6.47. The van der Waals surface area contributed by atoms with Crippen molar-refractivity contribution in [2.45, 2.75) is 26.8 Å². The Bertz CT molecular complexity index is 591. The lowest BCUT2D eigenvalue weighted by molar-refractivity contribution is -0.117. The summed E-state index contributed by atoms with van der Waals surface area (Å²) in [6, 6.07) is 4.48. The molecule has 0 aliphatic heterocycles. The predicted octanol–water partition coefficient (Wildman–Crippen LogP) is 3.45. The molecule has 0 spiro atoms. The molecule has 1 atom stereocenters. The monoisotopic (exact) mass is 309 g/mol. The summed E-state index contributed by atoms with van der Waals surface area (Å²) >= 11 is 3.23. The van der Waals surface area contributed by atoms with Crippen LogP contribution >= 0.6 is 22.7 Å². The lowest BCUT2D eigenvalue weighted by Gasteiger charge is -2.22. The van der Waals surface area contributed by atoms with Gasteiger partial charge in [0.25, 0.3) is 0 Å². The van der Waals surface area contributed by atoms with Crippen molar-refractivity contribution < 1.29 is 4.79 Å². The summed E-state index contributed by atoms with van der Waals surface area (Å²) in [5.74, 6) is -0.0259. The highest BCUT2D eigenvalue weighted by molar-refractivity contribution is 7.14. The molecule has 2 rings (SSSR count). The molecule has 1 unspecified atom stereocenters. The van der Waals surface area contributed by atoms with Crippen LogP contribution in [0.15, 0.2) is 17.5 Å². The van der Waals surface area contributed by atoms with E-state index in [1.165, 1.54) is 21.1 Å². The van der Waals surface area contributed by atoms with Gasteiger partial charge in [0, 0.05) is 21.2 Å². The smallest absolute Gasteiger partial charge is 0.240 e. The average Bonchev–Trinajstić information content (AvgIpc) is 2.97. The standard InChI is InChI=1S/C14H19N3OS2/c1-9-8-19-14(15-9)16-13(18)7-17(4)11(3)12-6-5-10(2)20-12/h5-6,8,11H,7H2,1-4H3,(H,15,16,18). The third-order valence-corrected chi connectivity index (χ3v) is 5.14. The third kappa shape index (κ3) is 3.88. The number of thiazole rings is 1. The minimum atomic E-state index is -0.0259. The summed E-state index contributed by atoms with van der Waals surface area (Å²) in [4.78, 5) is 20.8. The van der Waals surface area contributed by atoms with Gasteiger partial charge in [-0.3, -0.25) is 9.69 Å². The molecule has 0 aromatic carbocycles. The topological polar surface area (TPSA) is 45.2 Å². The summed E-state index contributed by atoms with van der Waals surface area (Å²) in [7, 11) is 1.96. The van der Waals surface area contributed by atoms with Crippen LogP contribution in [0.3, 0.4) is 0 Å². The number of anilines is 1. The highest BCUT2D eigenvalue weighted by atomic mass is 32.1. The average molecular weight is 309 g/mol. The van der Waals surface area contributed by atoms with Crippen molar-refractivity contribution in [3.8, 4) is 0 Å². The highest BCUT2D eigenvalue weighted by Gasteiger charge is 2.16. The minimum absolute atomic E-state index is 0.0259. The van der Waals surface area contributed by atoms with Gasteiger partial charge in [-0.1, -0.05) is 0 Å². The van der Waals surface area contributed by atoms with Gasteiger partial charge in [0.05, 0.1) is 12.2 Å². The molecule has 0 saturated heterocycles. The van der Waals surface area contributed by atoms with E-state index in [1.54, 1.807) is 11.3 Å². The van der Waals surface area contributed by atoms with Gasteiger partial charge in [0.2, 0.25) is 5.91 Å². The first-order valence-electron chi connectivity index (χ1n) is 6.44. The largest absolute Gasteiger partial charge is 0.301 e. The zero-order chi connectivity index (χ0) is 14.7. The zero-order valence-electron chi connectivity index (χ0n) is 12.1. The minimum Gasteiger partial charge on any atom is -0.301 e. The summed E-state index contributed by atoms with van der Waals surface area (Å²) in [5.41, 5.74) is 0.932. The van der Waals surface area contributed by atoms with Crippen molar-refractivity contribution in [1.29, 1.82) is 0 Å². The van der Waals surface area contributed by atoms with E-state index in [1.807, 2.05) is 24.3 Å². The van der Waals surface area contributed by atoms with Crippen LogP contribution in [0.2, 0.25) is 0 Å². The second-order valence-corrected chi connectivity index (χ2v) is 7.06. The number of carbonyl (C=O) groups excluding carboxylic acids is 1. The van der Waals surface area contributed by atoms with Crippen LogP contribution in [-0.2, 0) is 4.79 Å². The molecule has 0 aliphatic carbocycles. The van der Waals surface area contributed by atoms with Crippen molar-refractivity contribution in [3.05, 3.63) is 33.0 Å². The molecule has 2 aromatic heterocycles. The van der Waals surface area contributed by atoms with Crippen molar-refractivity contribution >= 4 is 33.7 Å². The number of amides is 1. The molecule has 1 N–H and O–H groups in total. The maximum atomic E-state index is 12.0. The number of carbonyl (C=O) groups is 1. The van der Waals surface area contributed by atoms with E-state index in [2.05, 4.69) is 36.3 Å². The molecule has 2 aromatic rings. The fourth-order valence-electron chi connectivity index (χ4n) is 1.83. The van der Waals surface area contributed by atoms with E-state index in [4.69, 9.17) is 0 Å². The first-order chi connectivity index (χ1) is 9.45. The van der Waals surface area contributed by atoms with Gasteiger partial charge < -0.3 is 5.32 Å². The Balaban J connectivity index is 1.90. The Hall–Kier alpha value is -1.24. The van der Waals surface area contributed by atoms with Crippen LogP contribution in [0, 0.1) is 13.8 Å². The van der Waals surface area contributed by atoms with Crippen LogP contribution < -0.4 is 5.32 Å². The first-order valence-corrected chi connectivity index (χ1v) is 8.14. The van der Waals surface area contributed by atoms with E-state index in [9.17, 15) is 4.79 Å². The molecule has 0 fully saturated rings. The van der Waals surface area contributed by atoms with Crippen LogP contribution in [-0.4, -0.2) is 29.4 Å². The quantitative estimate of drug-likeness (QED) is 0.920. The molecule has 0 radical (unpaired) electrons. The molecule has 0 aliphatic rings. The second-order valence-electron chi connectivity index (χ2n) is 4.88. The van der Waals surface area contributed by atoms with Crippen LogP contribution in [0.5, 0.6) is 0 Å². The molecule has 4 nitrogen and oxygen atoms in total. The van der Waals surface area contributed by atoms with Crippen molar-refractivity contribution in [1.82, 2.24) is 9.88 Å². The molecule has 2 heterocycles. The SMILES string of the molecule is Cc1csc(NC(=O)CN(C)C(C)c2ccc(C)s2)n1. The Morgan fingerprint density at radius 3 is 2.75 bits per heavy atom. The lowest BCUT2D eigenvalue weighted by atomic mass is 10.2. The number of nitrogens with zero attached hydrogens (tertiary/aromatic N) is 2. The van der Waals surface area contributed by atoms with Gasteiger partial charge in [0.1, 0.15) is 0 Å². The summed E-state index contributed by atoms with van der Waals surface area (Å²) in [5, 5.41) is 5.43. The number of hydrogen-bond acceptors (Lipinski definition) is 5. The zero-order valence-corrected chi connectivity index (χ0v) is 13.8. The van der Waals surface area contributed by atoms with Gasteiger partial charge in [-0.25, -0.2) is 4.98 Å². The molecule has 0 saturated carbocycles. The van der Waals surface area contributed by atoms with Crippen molar-refractivity contribution in [2.75, 3.05) is 18.9 Å². The number of thiophene rings is 1. The van der Waals surface area contributed by atoms with Crippen LogP contribution in [0.1, 0.15) is 28.4 Å². The highest BCUT2D eigenvalue weighted by Crippen LogP contribution is 2.26. The van der Waals surface area contributed by atoms with Gasteiger partial charge in [-0.2, -0.15) is 0 Å². The van der Waals surface area contributed by atoms with Crippen molar-refractivity contribution in [3.63, 3.8) is 0 Å². The number of nitrogens with one attached hydrogen (secondary N) is 1. The van der Waals surface area contributed by atoms with E-state index >= 15 is 0 Å². The Morgan fingerprint density at radius 1 is 1.45 bits per heavy atom. The molecule has 6 heteroatoms. The fraction of sp³-hybridized carbons (Fsp3) is 0.429. The summed E-state index contributed by atoms with van der Waals surface area (Å²) in [6.07, 6.45) is 0. The number of hydrogen-bond donors (Lipinski definition) is 1. The fourth-order valence-corrected chi connectivity index (χ4v) is 3.53.